The van der Waals surface area contributed by atoms with Gasteiger partial charge in [-0.2, -0.15) is 11.8 Å². The standard InChI is InChI=1S/C16H26N2OS2/c1-5-16(4)15(19)18(12(3)9-11-20-6-2)14(17-16)13-8-7-10-21-13/h7-8,10,12,14,17H,5-6,9,11H2,1-4H3. The Morgan fingerprint density at radius 1 is 1.52 bits per heavy atom. The van der Waals surface area contributed by atoms with Crippen LogP contribution in [0.2, 0.25) is 0 Å². The van der Waals surface area contributed by atoms with Gasteiger partial charge in [-0.1, -0.05) is 19.9 Å². The fraction of sp³-hybridized carbons (Fsp3) is 0.688. The number of rotatable bonds is 7. The molecule has 0 radical (unpaired) electrons. The zero-order chi connectivity index (χ0) is 15.5. The topological polar surface area (TPSA) is 32.3 Å². The van der Waals surface area contributed by atoms with Crippen LogP contribution < -0.4 is 5.32 Å². The highest BCUT2D eigenvalue weighted by Gasteiger charge is 2.48. The van der Waals surface area contributed by atoms with Gasteiger partial charge < -0.3 is 4.90 Å². The number of carbonyl (C=O) groups excluding carboxylic acids is 1. The maximum Gasteiger partial charge on any atom is 0.244 e. The van der Waals surface area contributed by atoms with Crippen molar-refractivity contribution >= 4 is 29.0 Å². The number of hydrogen-bond acceptors (Lipinski definition) is 4. The maximum atomic E-state index is 12.9. The third kappa shape index (κ3) is 3.46. The first-order valence-electron chi connectivity index (χ1n) is 7.75. The van der Waals surface area contributed by atoms with Gasteiger partial charge in [-0.3, -0.25) is 10.1 Å². The molecule has 1 amide bonds. The van der Waals surface area contributed by atoms with Crippen molar-refractivity contribution in [1.82, 2.24) is 10.2 Å². The predicted molar refractivity (Wildman–Crippen MR) is 92.8 cm³/mol. The van der Waals surface area contributed by atoms with Crippen molar-refractivity contribution in [1.29, 1.82) is 0 Å². The average Bonchev–Trinajstić information content (AvgIpc) is 3.07. The van der Waals surface area contributed by atoms with Crippen molar-refractivity contribution in [2.24, 2.45) is 0 Å². The van der Waals surface area contributed by atoms with Crippen LogP contribution in [-0.2, 0) is 4.79 Å². The van der Waals surface area contributed by atoms with Gasteiger partial charge in [0.1, 0.15) is 6.17 Å². The number of carbonyl (C=O) groups is 1. The van der Waals surface area contributed by atoms with Gasteiger partial charge in [-0.25, -0.2) is 0 Å². The van der Waals surface area contributed by atoms with Crippen LogP contribution in [0.15, 0.2) is 17.5 Å². The minimum absolute atomic E-state index is 0.0316. The highest BCUT2D eigenvalue weighted by molar-refractivity contribution is 7.99. The average molecular weight is 327 g/mol. The minimum atomic E-state index is -0.430. The number of nitrogens with one attached hydrogen (secondary N) is 1. The molecular weight excluding hydrogens is 300 g/mol. The summed E-state index contributed by atoms with van der Waals surface area (Å²) in [4.78, 5) is 16.2. The molecule has 3 atom stereocenters. The van der Waals surface area contributed by atoms with Gasteiger partial charge in [0.15, 0.2) is 0 Å². The largest absolute Gasteiger partial charge is 0.318 e. The number of amides is 1. The van der Waals surface area contributed by atoms with Crippen molar-refractivity contribution in [3.8, 4) is 0 Å². The molecule has 1 aliphatic rings. The summed E-state index contributed by atoms with van der Waals surface area (Å²) in [7, 11) is 0. The van der Waals surface area contributed by atoms with Gasteiger partial charge in [-0.15, -0.1) is 11.3 Å². The Morgan fingerprint density at radius 3 is 2.86 bits per heavy atom. The lowest BCUT2D eigenvalue weighted by Crippen LogP contribution is -2.44. The Kier molecular flexibility index (Phi) is 5.74. The normalized spacial score (nSPS) is 27.3. The van der Waals surface area contributed by atoms with Gasteiger partial charge in [-0.05, 0) is 49.6 Å². The first-order valence-corrected chi connectivity index (χ1v) is 9.78. The summed E-state index contributed by atoms with van der Waals surface area (Å²) in [5, 5.41) is 5.65. The van der Waals surface area contributed by atoms with Crippen LogP contribution in [0.1, 0.15) is 51.6 Å². The molecule has 1 aliphatic heterocycles. The summed E-state index contributed by atoms with van der Waals surface area (Å²) in [5.41, 5.74) is -0.430. The first kappa shape index (κ1) is 16.8. The molecular formula is C16H26N2OS2. The molecule has 0 saturated carbocycles. The van der Waals surface area contributed by atoms with Gasteiger partial charge in [0, 0.05) is 10.9 Å². The molecule has 1 saturated heterocycles. The summed E-state index contributed by atoms with van der Waals surface area (Å²) in [6.07, 6.45) is 1.90. The molecule has 0 spiro atoms. The van der Waals surface area contributed by atoms with Crippen molar-refractivity contribution in [3.05, 3.63) is 22.4 Å². The summed E-state index contributed by atoms with van der Waals surface area (Å²) >= 11 is 3.67. The molecule has 3 nitrogen and oxygen atoms in total. The Labute approximate surface area is 136 Å². The van der Waals surface area contributed by atoms with Crippen LogP contribution in [-0.4, -0.2) is 33.9 Å². The van der Waals surface area contributed by atoms with Crippen LogP contribution in [0.5, 0.6) is 0 Å². The summed E-state index contributed by atoms with van der Waals surface area (Å²) in [5.74, 6) is 2.50. The highest BCUT2D eigenvalue weighted by atomic mass is 32.2. The predicted octanol–water partition coefficient (Wildman–Crippen LogP) is 3.88. The Morgan fingerprint density at radius 2 is 2.29 bits per heavy atom. The van der Waals surface area contributed by atoms with Crippen LogP contribution in [0.3, 0.4) is 0 Å². The fourth-order valence-electron chi connectivity index (χ4n) is 2.74. The van der Waals surface area contributed by atoms with Crippen molar-refractivity contribution in [2.45, 2.75) is 58.3 Å². The zero-order valence-corrected chi connectivity index (χ0v) is 15.0. The lowest BCUT2D eigenvalue weighted by molar-refractivity contribution is -0.134. The van der Waals surface area contributed by atoms with Crippen molar-refractivity contribution < 1.29 is 4.79 Å². The van der Waals surface area contributed by atoms with Gasteiger partial charge >= 0.3 is 0 Å². The molecule has 0 aromatic carbocycles. The molecule has 0 aliphatic carbocycles. The van der Waals surface area contributed by atoms with E-state index in [0.29, 0.717) is 0 Å². The smallest absolute Gasteiger partial charge is 0.244 e. The summed E-state index contributed by atoms with van der Waals surface area (Å²) < 4.78 is 0. The monoisotopic (exact) mass is 326 g/mol. The molecule has 5 heteroatoms. The molecule has 3 unspecified atom stereocenters. The van der Waals surface area contributed by atoms with Crippen LogP contribution in [0.4, 0.5) is 0 Å². The second kappa shape index (κ2) is 7.16. The van der Waals surface area contributed by atoms with Gasteiger partial charge in [0.25, 0.3) is 0 Å². The Bertz CT molecular complexity index is 463. The number of hydrogen-bond donors (Lipinski definition) is 1. The molecule has 21 heavy (non-hydrogen) atoms. The van der Waals surface area contributed by atoms with E-state index in [-0.39, 0.29) is 18.1 Å². The summed E-state index contributed by atoms with van der Waals surface area (Å²) in [6.45, 7) is 8.47. The fourth-order valence-corrected chi connectivity index (χ4v) is 4.30. The second-order valence-corrected chi connectivity index (χ2v) is 8.17. The van der Waals surface area contributed by atoms with E-state index in [9.17, 15) is 4.79 Å². The van der Waals surface area contributed by atoms with Crippen LogP contribution in [0.25, 0.3) is 0 Å². The molecule has 1 fully saturated rings. The lowest BCUT2D eigenvalue weighted by Gasteiger charge is -2.30. The van der Waals surface area contributed by atoms with Gasteiger partial charge in [0.05, 0.1) is 5.54 Å². The van der Waals surface area contributed by atoms with E-state index >= 15 is 0 Å². The quantitative estimate of drug-likeness (QED) is 0.772. The maximum absolute atomic E-state index is 12.9. The van der Waals surface area contributed by atoms with E-state index in [1.165, 1.54) is 4.88 Å². The first-order chi connectivity index (χ1) is 10.0. The van der Waals surface area contributed by atoms with E-state index in [0.717, 1.165) is 24.3 Å². The molecule has 2 heterocycles. The molecule has 118 valence electrons. The number of nitrogens with zero attached hydrogens (tertiary/aromatic N) is 1. The Hall–Kier alpha value is -0.520. The van der Waals surface area contributed by atoms with Gasteiger partial charge in [0.2, 0.25) is 5.91 Å². The third-order valence-electron chi connectivity index (χ3n) is 4.32. The molecule has 1 aromatic heterocycles. The molecule has 1 N–H and O–H groups in total. The Balaban J connectivity index is 2.19. The van der Waals surface area contributed by atoms with E-state index in [4.69, 9.17) is 0 Å². The number of thioether (sulfide) groups is 1. The van der Waals surface area contributed by atoms with Crippen molar-refractivity contribution in [2.75, 3.05) is 11.5 Å². The molecule has 0 bridgehead atoms. The number of thiophene rings is 1. The molecule has 1 aromatic rings. The van der Waals surface area contributed by atoms with E-state index in [1.54, 1.807) is 11.3 Å². The second-order valence-electron chi connectivity index (χ2n) is 5.79. The minimum Gasteiger partial charge on any atom is -0.318 e. The van der Waals surface area contributed by atoms with Crippen LogP contribution in [0, 0.1) is 0 Å². The van der Waals surface area contributed by atoms with E-state index in [2.05, 4.69) is 48.5 Å². The lowest BCUT2D eigenvalue weighted by atomic mass is 9.99. The molecule has 2 rings (SSSR count). The SMILES string of the molecule is CCSCCC(C)N1C(=O)C(C)(CC)NC1c1cccs1. The van der Waals surface area contributed by atoms with Crippen LogP contribution >= 0.6 is 23.1 Å². The summed E-state index contributed by atoms with van der Waals surface area (Å²) in [6, 6.07) is 4.45. The van der Waals surface area contributed by atoms with E-state index in [1.807, 2.05) is 18.7 Å². The third-order valence-corrected chi connectivity index (χ3v) is 6.18. The van der Waals surface area contributed by atoms with Crippen molar-refractivity contribution in [3.63, 3.8) is 0 Å². The highest BCUT2D eigenvalue weighted by Crippen LogP contribution is 2.36. The van der Waals surface area contributed by atoms with E-state index < -0.39 is 5.54 Å². The zero-order valence-electron chi connectivity index (χ0n) is 13.4.